The Morgan fingerprint density at radius 3 is 2.52 bits per heavy atom. The first kappa shape index (κ1) is 17.9. The number of esters is 1. The van der Waals surface area contributed by atoms with Crippen LogP contribution >= 0.6 is 11.3 Å². The molecule has 7 heteroatoms. The summed E-state index contributed by atoms with van der Waals surface area (Å²) in [5.41, 5.74) is -0.767. The van der Waals surface area contributed by atoms with Crippen molar-refractivity contribution in [2.75, 3.05) is 13.7 Å². The number of carbonyl (C=O) groups is 3. The SMILES string of the molecule is CCN1C(=O)[C@@H]2[C@H](c3cccs3)N[C@](C(=O)OC)(c3ccccc3)[C@H]2C1=O. The van der Waals surface area contributed by atoms with E-state index in [-0.39, 0.29) is 18.4 Å². The molecule has 4 atom stereocenters. The normalized spacial score (nSPS) is 29.9. The number of nitrogens with one attached hydrogen (secondary N) is 1. The van der Waals surface area contributed by atoms with Gasteiger partial charge >= 0.3 is 5.97 Å². The Balaban J connectivity index is 1.95. The van der Waals surface area contributed by atoms with Gasteiger partial charge in [0.05, 0.1) is 25.0 Å². The topological polar surface area (TPSA) is 75.7 Å². The highest BCUT2D eigenvalue weighted by Gasteiger charge is 2.69. The zero-order chi connectivity index (χ0) is 19.2. The Morgan fingerprint density at radius 1 is 1.19 bits per heavy atom. The van der Waals surface area contributed by atoms with Crippen molar-refractivity contribution in [3.63, 3.8) is 0 Å². The molecule has 2 fully saturated rings. The number of amides is 2. The third kappa shape index (κ3) is 2.38. The molecule has 0 unspecified atom stereocenters. The fourth-order valence-corrected chi connectivity index (χ4v) is 5.25. The molecule has 2 aliphatic heterocycles. The number of hydrogen-bond acceptors (Lipinski definition) is 6. The van der Waals surface area contributed by atoms with Crippen LogP contribution in [0, 0.1) is 11.8 Å². The van der Waals surface area contributed by atoms with Gasteiger partial charge in [0.25, 0.3) is 0 Å². The first-order chi connectivity index (χ1) is 13.1. The van der Waals surface area contributed by atoms with Gasteiger partial charge in [-0.25, -0.2) is 4.79 Å². The Bertz CT molecular complexity index is 883. The zero-order valence-corrected chi connectivity index (χ0v) is 15.9. The molecule has 0 bridgehead atoms. The number of nitrogens with zero attached hydrogens (tertiary/aromatic N) is 1. The number of thiophene rings is 1. The molecule has 1 N–H and O–H groups in total. The lowest BCUT2D eigenvalue weighted by atomic mass is 9.75. The first-order valence-electron chi connectivity index (χ1n) is 8.86. The molecule has 1 aromatic heterocycles. The van der Waals surface area contributed by atoms with E-state index >= 15 is 0 Å². The molecule has 0 spiro atoms. The summed E-state index contributed by atoms with van der Waals surface area (Å²) < 4.78 is 5.14. The van der Waals surface area contributed by atoms with Crippen molar-refractivity contribution in [2.24, 2.45) is 11.8 Å². The van der Waals surface area contributed by atoms with Crippen LogP contribution in [0.25, 0.3) is 0 Å². The smallest absolute Gasteiger partial charge is 0.331 e. The Morgan fingerprint density at radius 2 is 1.93 bits per heavy atom. The van der Waals surface area contributed by atoms with E-state index in [9.17, 15) is 14.4 Å². The van der Waals surface area contributed by atoms with Gasteiger partial charge in [0, 0.05) is 11.4 Å². The molecule has 0 aliphatic carbocycles. The average Bonchev–Trinajstić information content (AvgIpc) is 3.39. The second-order valence-electron chi connectivity index (χ2n) is 6.73. The number of carbonyl (C=O) groups excluding carboxylic acids is 3. The van der Waals surface area contributed by atoms with Crippen molar-refractivity contribution in [1.29, 1.82) is 0 Å². The molecule has 0 radical (unpaired) electrons. The highest BCUT2D eigenvalue weighted by Crippen LogP contribution is 2.53. The van der Waals surface area contributed by atoms with E-state index in [1.807, 2.05) is 35.7 Å². The molecule has 6 nitrogen and oxygen atoms in total. The van der Waals surface area contributed by atoms with Crippen LogP contribution in [-0.2, 0) is 24.7 Å². The molecule has 2 saturated heterocycles. The van der Waals surface area contributed by atoms with Gasteiger partial charge in [-0.2, -0.15) is 0 Å². The molecule has 2 amide bonds. The summed E-state index contributed by atoms with van der Waals surface area (Å²) in [6.45, 7) is 2.06. The maximum Gasteiger partial charge on any atom is 0.331 e. The fourth-order valence-electron chi connectivity index (χ4n) is 4.42. The number of imide groups is 1. The van der Waals surface area contributed by atoms with Gasteiger partial charge in [-0.05, 0) is 23.9 Å². The lowest BCUT2D eigenvalue weighted by molar-refractivity contribution is -0.154. The second-order valence-corrected chi connectivity index (χ2v) is 7.71. The predicted octanol–water partition coefficient (Wildman–Crippen LogP) is 2.08. The third-order valence-corrected chi connectivity index (χ3v) is 6.51. The van der Waals surface area contributed by atoms with Crippen LogP contribution < -0.4 is 5.32 Å². The second kappa shape index (κ2) is 6.58. The Hall–Kier alpha value is -2.51. The molecule has 3 heterocycles. The minimum absolute atomic E-state index is 0.236. The average molecular weight is 384 g/mol. The monoisotopic (exact) mass is 384 g/mol. The zero-order valence-electron chi connectivity index (χ0n) is 15.0. The molecule has 27 heavy (non-hydrogen) atoms. The largest absolute Gasteiger partial charge is 0.467 e. The molecule has 140 valence electrons. The molecule has 1 aromatic carbocycles. The summed E-state index contributed by atoms with van der Waals surface area (Å²) in [6, 6.07) is 12.5. The number of hydrogen-bond donors (Lipinski definition) is 1. The van der Waals surface area contributed by atoms with Crippen molar-refractivity contribution in [3.8, 4) is 0 Å². The maximum absolute atomic E-state index is 13.2. The fraction of sp³-hybridized carbons (Fsp3) is 0.350. The molecular formula is C20H20N2O4S. The van der Waals surface area contributed by atoms with Crippen molar-refractivity contribution in [2.45, 2.75) is 18.5 Å². The van der Waals surface area contributed by atoms with Gasteiger partial charge in [-0.15, -0.1) is 11.3 Å². The van der Waals surface area contributed by atoms with Crippen molar-refractivity contribution < 1.29 is 19.1 Å². The van der Waals surface area contributed by atoms with E-state index in [1.54, 1.807) is 19.1 Å². The van der Waals surface area contributed by atoms with Crippen LogP contribution in [-0.4, -0.2) is 36.3 Å². The van der Waals surface area contributed by atoms with Gasteiger partial charge in [0.15, 0.2) is 5.54 Å². The van der Waals surface area contributed by atoms with E-state index in [4.69, 9.17) is 4.74 Å². The third-order valence-electron chi connectivity index (χ3n) is 5.55. The molecule has 2 aromatic rings. The van der Waals surface area contributed by atoms with Gasteiger partial charge in [-0.3, -0.25) is 19.8 Å². The van der Waals surface area contributed by atoms with Gasteiger partial charge in [0.1, 0.15) is 0 Å². The molecule has 0 saturated carbocycles. The highest BCUT2D eigenvalue weighted by atomic mass is 32.1. The quantitative estimate of drug-likeness (QED) is 0.645. The highest BCUT2D eigenvalue weighted by molar-refractivity contribution is 7.10. The Labute approximate surface area is 161 Å². The summed E-state index contributed by atoms with van der Waals surface area (Å²) in [6.07, 6.45) is 0. The number of benzene rings is 1. The van der Waals surface area contributed by atoms with Gasteiger partial charge < -0.3 is 4.74 Å². The summed E-state index contributed by atoms with van der Waals surface area (Å²) >= 11 is 1.50. The first-order valence-corrected chi connectivity index (χ1v) is 9.74. The lowest BCUT2D eigenvalue weighted by Gasteiger charge is -2.32. The molecule has 4 rings (SSSR count). The van der Waals surface area contributed by atoms with E-state index < -0.39 is 29.4 Å². The number of likely N-dealkylation sites (tertiary alicyclic amines) is 1. The number of rotatable bonds is 4. The van der Waals surface area contributed by atoms with Gasteiger partial charge in [0.2, 0.25) is 11.8 Å². The van der Waals surface area contributed by atoms with Crippen LogP contribution in [0.4, 0.5) is 0 Å². The maximum atomic E-state index is 13.2. The molecule has 2 aliphatic rings. The van der Waals surface area contributed by atoms with E-state index in [0.717, 1.165) is 4.88 Å². The van der Waals surface area contributed by atoms with Crippen molar-refractivity contribution >= 4 is 29.1 Å². The lowest BCUT2D eigenvalue weighted by Crippen LogP contribution is -2.53. The van der Waals surface area contributed by atoms with Crippen LogP contribution in [0.15, 0.2) is 47.8 Å². The van der Waals surface area contributed by atoms with Crippen LogP contribution in [0.2, 0.25) is 0 Å². The summed E-state index contributed by atoms with van der Waals surface area (Å²) in [4.78, 5) is 41.6. The van der Waals surface area contributed by atoms with Crippen molar-refractivity contribution in [3.05, 3.63) is 58.3 Å². The molecular weight excluding hydrogens is 364 g/mol. The summed E-state index contributed by atoms with van der Waals surface area (Å²) in [5, 5.41) is 5.27. The minimum Gasteiger partial charge on any atom is -0.467 e. The number of fused-ring (bicyclic) bond motifs is 1. The Kier molecular flexibility index (Phi) is 4.36. The van der Waals surface area contributed by atoms with Crippen LogP contribution in [0.5, 0.6) is 0 Å². The minimum atomic E-state index is -1.40. The van der Waals surface area contributed by atoms with E-state index in [0.29, 0.717) is 5.56 Å². The number of ether oxygens (including phenoxy) is 1. The van der Waals surface area contributed by atoms with E-state index in [2.05, 4.69) is 5.32 Å². The summed E-state index contributed by atoms with van der Waals surface area (Å²) in [5.74, 6) is -2.60. The number of methoxy groups -OCH3 is 1. The van der Waals surface area contributed by atoms with E-state index in [1.165, 1.54) is 23.3 Å². The standard InChI is InChI=1S/C20H20N2O4S/c1-3-22-17(23)14-15(18(22)24)20(19(25)26-2,12-8-5-4-6-9-12)21-16(14)13-10-7-11-27-13/h4-11,14-16,21H,3H2,1-2H3/t14-,15+,16-,20+/m0/s1. The van der Waals surface area contributed by atoms with Crippen LogP contribution in [0.3, 0.4) is 0 Å². The van der Waals surface area contributed by atoms with Crippen LogP contribution in [0.1, 0.15) is 23.4 Å². The summed E-state index contributed by atoms with van der Waals surface area (Å²) in [7, 11) is 1.31. The predicted molar refractivity (Wildman–Crippen MR) is 99.7 cm³/mol. The van der Waals surface area contributed by atoms with Gasteiger partial charge in [-0.1, -0.05) is 36.4 Å². The van der Waals surface area contributed by atoms with Crippen molar-refractivity contribution in [1.82, 2.24) is 10.2 Å².